The maximum Gasteiger partial charge on any atom is 0.322 e. The Hall–Kier alpha value is -2.45. The molecule has 1 fully saturated rings. The van der Waals surface area contributed by atoms with Gasteiger partial charge in [-0.15, -0.1) is 0 Å². The van der Waals surface area contributed by atoms with Crippen LogP contribution >= 0.6 is 0 Å². The number of hydrogen-bond donors (Lipinski definition) is 2. The maximum absolute atomic E-state index is 13.0. The van der Waals surface area contributed by atoms with Gasteiger partial charge in [0.2, 0.25) is 10.0 Å². The molecule has 1 heterocycles. The molecule has 1 aliphatic heterocycles. The second kappa shape index (κ2) is 6.45. The third-order valence-electron chi connectivity index (χ3n) is 4.50. The summed E-state index contributed by atoms with van der Waals surface area (Å²) in [5.41, 5.74) is 0. The predicted molar refractivity (Wildman–Crippen MR) is 89.6 cm³/mol. The van der Waals surface area contributed by atoms with Gasteiger partial charge in [0.05, 0.1) is 10.8 Å². The second-order valence-electron chi connectivity index (χ2n) is 6.05. The first-order valence-electron chi connectivity index (χ1n) is 7.77. The Bertz CT molecular complexity index is 939. The molecule has 2 aromatic carbocycles. The zero-order chi connectivity index (χ0) is 18.2. The minimum absolute atomic E-state index is 0.0287. The molecule has 8 heteroatoms. The fourth-order valence-corrected chi connectivity index (χ4v) is 4.81. The van der Waals surface area contributed by atoms with Crippen LogP contribution in [-0.4, -0.2) is 47.5 Å². The number of carboxylic acids is 2. The van der Waals surface area contributed by atoms with Crippen LogP contribution in [0.25, 0.3) is 10.8 Å². The molecule has 3 rings (SSSR count). The molecule has 0 saturated carbocycles. The van der Waals surface area contributed by atoms with Crippen LogP contribution in [0.3, 0.4) is 0 Å². The van der Waals surface area contributed by atoms with Crippen molar-refractivity contribution in [2.75, 3.05) is 6.54 Å². The van der Waals surface area contributed by atoms with E-state index in [2.05, 4.69) is 0 Å². The van der Waals surface area contributed by atoms with Crippen LogP contribution in [-0.2, 0) is 19.6 Å². The SMILES string of the molecule is O=C(O)C1CCC(C(=O)O)N(S(=O)(=O)c2ccc3ccccc3c2)C1. The van der Waals surface area contributed by atoms with Gasteiger partial charge >= 0.3 is 11.9 Å². The lowest BCUT2D eigenvalue weighted by Gasteiger charge is -2.34. The molecule has 132 valence electrons. The van der Waals surface area contributed by atoms with E-state index in [1.807, 2.05) is 12.1 Å². The van der Waals surface area contributed by atoms with Crippen LogP contribution < -0.4 is 0 Å². The topological polar surface area (TPSA) is 112 Å². The maximum atomic E-state index is 13.0. The van der Waals surface area contributed by atoms with Crippen LogP contribution in [0, 0.1) is 5.92 Å². The highest BCUT2D eigenvalue weighted by Gasteiger charge is 2.42. The molecule has 25 heavy (non-hydrogen) atoms. The Balaban J connectivity index is 2.04. The molecule has 0 aromatic heterocycles. The third-order valence-corrected chi connectivity index (χ3v) is 6.37. The smallest absolute Gasteiger partial charge is 0.322 e. The van der Waals surface area contributed by atoms with Crippen molar-refractivity contribution < 1.29 is 28.2 Å². The van der Waals surface area contributed by atoms with Gasteiger partial charge in [0.15, 0.2) is 0 Å². The molecule has 0 radical (unpaired) electrons. The van der Waals surface area contributed by atoms with E-state index in [0.717, 1.165) is 9.69 Å². The van der Waals surface area contributed by atoms with Gasteiger partial charge in [0.1, 0.15) is 6.04 Å². The molecule has 0 aliphatic carbocycles. The van der Waals surface area contributed by atoms with Crippen molar-refractivity contribution in [2.24, 2.45) is 5.92 Å². The normalized spacial score (nSPS) is 21.9. The summed E-state index contributed by atoms with van der Waals surface area (Å²) in [4.78, 5) is 22.7. The van der Waals surface area contributed by atoms with Crippen molar-refractivity contribution in [3.8, 4) is 0 Å². The average Bonchev–Trinajstić information content (AvgIpc) is 2.60. The molecule has 2 atom stereocenters. The summed E-state index contributed by atoms with van der Waals surface area (Å²) < 4.78 is 26.8. The fraction of sp³-hybridized carbons (Fsp3) is 0.294. The monoisotopic (exact) mass is 363 g/mol. The summed E-state index contributed by atoms with van der Waals surface area (Å²) >= 11 is 0. The van der Waals surface area contributed by atoms with Gasteiger partial charge in [-0.2, -0.15) is 4.31 Å². The Labute approximate surface area is 144 Å². The average molecular weight is 363 g/mol. The number of hydrogen-bond acceptors (Lipinski definition) is 4. The first-order chi connectivity index (χ1) is 11.8. The molecular formula is C17H17NO6S. The number of fused-ring (bicyclic) bond motifs is 1. The van der Waals surface area contributed by atoms with Crippen LogP contribution in [0.1, 0.15) is 12.8 Å². The third kappa shape index (κ3) is 3.22. The first-order valence-corrected chi connectivity index (χ1v) is 9.21. The lowest BCUT2D eigenvalue weighted by atomic mass is 9.95. The highest BCUT2D eigenvalue weighted by atomic mass is 32.2. The Morgan fingerprint density at radius 2 is 1.64 bits per heavy atom. The zero-order valence-electron chi connectivity index (χ0n) is 13.2. The van der Waals surface area contributed by atoms with Gasteiger partial charge in [-0.3, -0.25) is 9.59 Å². The van der Waals surface area contributed by atoms with Crippen molar-refractivity contribution in [1.82, 2.24) is 4.31 Å². The van der Waals surface area contributed by atoms with E-state index in [9.17, 15) is 28.2 Å². The number of rotatable bonds is 4. The number of piperidine rings is 1. The number of benzene rings is 2. The standard InChI is InChI=1S/C17H17NO6S/c19-16(20)13-6-8-15(17(21)22)18(10-13)25(23,24)14-7-5-11-3-1-2-4-12(11)9-14/h1-5,7,9,13,15H,6,8,10H2,(H,19,20)(H,21,22). The molecule has 1 aliphatic rings. The molecule has 2 unspecified atom stereocenters. The largest absolute Gasteiger partial charge is 0.481 e. The van der Waals surface area contributed by atoms with E-state index in [4.69, 9.17) is 0 Å². The van der Waals surface area contributed by atoms with Crippen LogP contribution in [0.4, 0.5) is 0 Å². The van der Waals surface area contributed by atoms with Gasteiger partial charge < -0.3 is 10.2 Å². The van der Waals surface area contributed by atoms with E-state index in [0.29, 0.717) is 5.39 Å². The lowest BCUT2D eigenvalue weighted by Crippen LogP contribution is -2.51. The van der Waals surface area contributed by atoms with E-state index in [1.165, 1.54) is 12.1 Å². The van der Waals surface area contributed by atoms with Gasteiger partial charge in [-0.05, 0) is 35.7 Å². The summed E-state index contributed by atoms with van der Waals surface area (Å²) in [5.74, 6) is -3.30. The van der Waals surface area contributed by atoms with Crippen molar-refractivity contribution in [3.05, 3.63) is 42.5 Å². The molecule has 0 bridgehead atoms. The Kier molecular flexibility index (Phi) is 4.49. The van der Waals surface area contributed by atoms with Crippen molar-refractivity contribution in [3.63, 3.8) is 0 Å². The highest BCUT2D eigenvalue weighted by Crippen LogP contribution is 2.30. The second-order valence-corrected chi connectivity index (χ2v) is 7.94. The summed E-state index contributed by atoms with van der Waals surface area (Å²) in [5, 5.41) is 20.1. The molecule has 2 N–H and O–H groups in total. The van der Waals surface area contributed by atoms with Crippen LogP contribution in [0.5, 0.6) is 0 Å². The predicted octanol–water partition coefficient (Wildman–Crippen LogP) is 1.78. The minimum atomic E-state index is -4.12. The zero-order valence-corrected chi connectivity index (χ0v) is 14.0. The first kappa shape index (κ1) is 17.4. The van der Waals surface area contributed by atoms with Gasteiger partial charge in [-0.1, -0.05) is 30.3 Å². The van der Waals surface area contributed by atoms with E-state index in [-0.39, 0.29) is 24.3 Å². The number of carboxylic acid groups (broad SMARTS) is 2. The van der Waals surface area contributed by atoms with Crippen LogP contribution in [0.15, 0.2) is 47.4 Å². The fourth-order valence-electron chi connectivity index (χ4n) is 3.12. The van der Waals surface area contributed by atoms with Gasteiger partial charge in [0, 0.05) is 6.54 Å². The number of sulfonamides is 1. The Morgan fingerprint density at radius 1 is 0.960 bits per heavy atom. The van der Waals surface area contributed by atoms with Crippen molar-refractivity contribution in [1.29, 1.82) is 0 Å². The molecule has 0 amide bonds. The molecule has 0 spiro atoms. The molecule has 7 nitrogen and oxygen atoms in total. The molecule has 2 aromatic rings. The molecule has 1 saturated heterocycles. The van der Waals surface area contributed by atoms with E-state index in [1.54, 1.807) is 18.2 Å². The van der Waals surface area contributed by atoms with E-state index >= 15 is 0 Å². The Morgan fingerprint density at radius 3 is 2.28 bits per heavy atom. The quantitative estimate of drug-likeness (QED) is 0.856. The van der Waals surface area contributed by atoms with Crippen molar-refractivity contribution >= 4 is 32.7 Å². The number of aliphatic carboxylic acids is 2. The number of nitrogens with zero attached hydrogens (tertiary/aromatic N) is 1. The summed E-state index contributed by atoms with van der Waals surface area (Å²) in [6.45, 7) is -0.346. The lowest BCUT2D eigenvalue weighted by molar-refractivity contribution is -0.148. The van der Waals surface area contributed by atoms with Crippen molar-refractivity contribution in [2.45, 2.75) is 23.8 Å². The van der Waals surface area contributed by atoms with E-state index < -0.39 is 33.9 Å². The van der Waals surface area contributed by atoms with Crippen LogP contribution in [0.2, 0.25) is 0 Å². The highest BCUT2D eigenvalue weighted by molar-refractivity contribution is 7.89. The van der Waals surface area contributed by atoms with Gasteiger partial charge in [0.25, 0.3) is 0 Å². The summed E-state index contributed by atoms with van der Waals surface area (Å²) in [6, 6.07) is 10.5. The minimum Gasteiger partial charge on any atom is -0.481 e. The summed E-state index contributed by atoms with van der Waals surface area (Å²) in [7, 11) is -4.12. The number of carbonyl (C=O) groups is 2. The molecular weight excluding hydrogens is 346 g/mol. The van der Waals surface area contributed by atoms with Gasteiger partial charge in [-0.25, -0.2) is 8.42 Å². The summed E-state index contributed by atoms with van der Waals surface area (Å²) in [6.07, 6.45) is 0.106.